The predicted octanol–water partition coefficient (Wildman–Crippen LogP) is 5.95. The molecule has 2 nitrogen and oxygen atoms in total. The zero-order chi connectivity index (χ0) is 18.1. The molecule has 1 N–H and O–H groups in total. The molecule has 0 saturated carbocycles. The largest absolute Gasteiger partial charge is 0.478 e. The van der Waals surface area contributed by atoms with Gasteiger partial charge in [-0.05, 0) is 61.6 Å². The van der Waals surface area contributed by atoms with E-state index in [0.29, 0.717) is 5.56 Å². The summed E-state index contributed by atoms with van der Waals surface area (Å²) in [4.78, 5) is 11.9. The molecule has 25 heavy (non-hydrogen) atoms. The van der Waals surface area contributed by atoms with Crippen LogP contribution >= 0.6 is 0 Å². The summed E-state index contributed by atoms with van der Waals surface area (Å²) in [7, 11) is 0. The SMILES string of the molecule is Cc1ccc(-c2cccc(C(=O)O)c2-c2ccc(C)cc2C)c(C)c1. The zero-order valence-corrected chi connectivity index (χ0v) is 15.1. The Morgan fingerprint density at radius 3 is 1.80 bits per heavy atom. The van der Waals surface area contributed by atoms with E-state index >= 15 is 0 Å². The number of hydrogen-bond acceptors (Lipinski definition) is 1. The summed E-state index contributed by atoms with van der Waals surface area (Å²) in [6.07, 6.45) is 0. The van der Waals surface area contributed by atoms with Crippen molar-refractivity contribution in [1.82, 2.24) is 0 Å². The first-order valence-electron chi connectivity index (χ1n) is 8.40. The van der Waals surface area contributed by atoms with Crippen LogP contribution in [0.25, 0.3) is 22.3 Å². The highest BCUT2D eigenvalue weighted by Crippen LogP contribution is 2.38. The van der Waals surface area contributed by atoms with Gasteiger partial charge in [0.2, 0.25) is 0 Å². The van der Waals surface area contributed by atoms with Gasteiger partial charge in [-0.2, -0.15) is 0 Å². The van der Waals surface area contributed by atoms with Crippen molar-refractivity contribution >= 4 is 5.97 Å². The third kappa shape index (κ3) is 3.20. The molecule has 2 heteroatoms. The molecule has 0 heterocycles. The normalized spacial score (nSPS) is 10.7. The van der Waals surface area contributed by atoms with Crippen molar-refractivity contribution in [2.45, 2.75) is 27.7 Å². The molecule has 0 aliphatic heterocycles. The van der Waals surface area contributed by atoms with Crippen molar-refractivity contribution in [3.05, 3.63) is 82.4 Å². The molecule has 0 spiro atoms. The minimum atomic E-state index is -0.901. The van der Waals surface area contributed by atoms with E-state index < -0.39 is 5.97 Å². The van der Waals surface area contributed by atoms with Gasteiger partial charge in [0.05, 0.1) is 5.56 Å². The number of carboxylic acid groups (broad SMARTS) is 1. The third-order valence-electron chi connectivity index (χ3n) is 4.62. The molecule has 3 aromatic rings. The van der Waals surface area contributed by atoms with Crippen LogP contribution in [0.15, 0.2) is 54.6 Å². The zero-order valence-electron chi connectivity index (χ0n) is 15.1. The highest BCUT2D eigenvalue weighted by Gasteiger charge is 2.19. The summed E-state index contributed by atoms with van der Waals surface area (Å²) in [5.41, 5.74) is 8.73. The minimum Gasteiger partial charge on any atom is -0.478 e. The van der Waals surface area contributed by atoms with Gasteiger partial charge in [-0.25, -0.2) is 4.79 Å². The van der Waals surface area contributed by atoms with E-state index in [4.69, 9.17) is 0 Å². The van der Waals surface area contributed by atoms with E-state index in [-0.39, 0.29) is 0 Å². The lowest BCUT2D eigenvalue weighted by atomic mass is 9.86. The van der Waals surface area contributed by atoms with Crippen molar-refractivity contribution in [2.75, 3.05) is 0 Å². The number of rotatable bonds is 3. The van der Waals surface area contributed by atoms with E-state index in [1.807, 2.05) is 38.1 Å². The molecule has 3 aromatic carbocycles. The van der Waals surface area contributed by atoms with Crippen molar-refractivity contribution in [1.29, 1.82) is 0 Å². The summed E-state index contributed by atoms with van der Waals surface area (Å²) in [5.74, 6) is -0.901. The molecule has 0 unspecified atom stereocenters. The Morgan fingerprint density at radius 2 is 1.28 bits per heavy atom. The fourth-order valence-electron chi connectivity index (χ4n) is 3.46. The Kier molecular flexibility index (Phi) is 4.45. The van der Waals surface area contributed by atoms with Crippen molar-refractivity contribution in [3.63, 3.8) is 0 Å². The molecule has 0 atom stereocenters. The molecule has 0 amide bonds. The van der Waals surface area contributed by atoms with Crippen molar-refractivity contribution in [3.8, 4) is 22.3 Å². The monoisotopic (exact) mass is 330 g/mol. The Bertz CT molecular complexity index is 968. The summed E-state index contributed by atoms with van der Waals surface area (Å²) in [6, 6.07) is 18.0. The lowest BCUT2D eigenvalue weighted by molar-refractivity contribution is 0.0698. The van der Waals surface area contributed by atoms with Crippen LogP contribution in [0.4, 0.5) is 0 Å². The molecule has 0 radical (unpaired) electrons. The van der Waals surface area contributed by atoms with E-state index in [9.17, 15) is 9.90 Å². The number of hydrogen-bond donors (Lipinski definition) is 1. The molecule has 0 aliphatic rings. The topological polar surface area (TPSA) is 37.3 Å². The molecule has 0 saturated heterocycles. The van der Waals surface area contributed by atoms with Crippen molar-refractivity contribution < 1.29 is 9.90 Å². The first-order valence-corrected chi connectivity index (χ1v) is 8.40. The summed E-state index contributed by atoms with van der Waals surface area (Å²) in [6.45, 7) is 8.22. The van der Waals surface area contributed by atoms with E-state index in [1.165, 1.54) is 11.1 Å². The lowest BCUT2D eigenvalue weighted by Gasteiger charge is -2.17. The predicted molar refractivity (Wildman–Crippen MR) is 103 cm³/mol. The van der Waals surface area contributed by atoms with E-state index in [2.05, 4.69) is 38.1 Å². The van der Waals surface area contributed by atoms with Gasteiger partial charge in [-0.15, -0.1) is 0 Å². The second kappa shape index (κ2) is 6.56. The van der Waals surface area contributed by atoms with Crippen LogP contribution in [0.5, 0.6) is 0 Å². The van der Waals surface area contributed by atoms with Gasteiger partial charge in [0.1, 0.15) is 0 Å². The Labute approximate surface area is 148 Å². The Hall–Kier alpha value is -2.87. The van der Waals surface area contributed by atoms with Crippen LogP contribution in [0.3, 0.4) is 0 Å². The number of carbonyl (C=O) groups is 1. The van der Waals surface area contributed by atoms with Crippen LogP contribution in [0.2, 0.25) is 0 Å². The second-order valence-electron chi connectivity index (χ2n) is 6.67. The maximum atomic E-state index is 11.9. The summed E-state index contributed by atoms with van der Waals surface area (Å²) in [5, 5.41) is 9.76. The van der Waals surface area contributed by atoms with Gasteiger partial charge in [0, 0.05) is 5.56 Å². The second-order valence-corrected chi connectivity index (χ2v) is 6.67. The number of aryl methyl sites for hydroxylation is 4. The number of aromatic carboxylic acids is 1. The van der Waals surface area contributed by atoms with Gasteiger partial charge in [-0.1, -0.05) is 59.7 Å². The molecule has 0 aliphatic carbocycles. The molecule has 0 fully saturated rings. The first kappa shape index (κ1) is 17.0. The first-order chi connectivity index (χ1) is 11.9. The average Bonchev–Trinajstić information content (AvgIpc) is 2.54. The number of carboxylic acids is 1. The Balaban J connectivity index is 2.37. The van der Waals surface area contributed by atoms with Crippen LogP contribution < -0.4 is 0 Å². The molecule has 126 valence electrons. The standard InChI is InChI=1S/C23H22O2/c1-14-8-10-18(16(3)12-14)20-6-5-7-21(23(24)25)22(20)19-11-9-15(2)13-17(19)4/h5-13H,1-4H3,(H,24,25). The van der Waals surface area contributed by atoms with Crippen LogP contribution in [-0.2, 0) is 0 Å². The molecule has 3 rings (SSSR count). The van der Waals surface area contributed by atoms with E-state index in [0.717, 1.165) is 33.4 Å². The van der Waals surface area contributed by atoms with Gasteiger partial charge in [-0.3, -0.25) is 0 Å². The highest BCUT2D eigenvalue weighted by molar-refractivity contribution is 6.02. The van der Waals surface area contributed by atoms with Gasteiger partial charge < -0.3 is 5.11 Å². The minimum absolute atomic E-state index is 0.337. The summed E-state index contributed by atoms with van der Waals surface area (Å²) < 4.78 is 0. The lowest BCUT2D eigenvalue weighted by Crippen LogP contribution is -2.03. The van der Waals surface area contributed by atoms with Gasteiger partial charge in [0.25, 0.3) is 0 Å². The molecule has 0 bridgehead atoms. The van der Waals surface area contributed by atoms with E-state index in [1.54, 1.807) is 6.07 Å². The molecular formula is C23H22O2. The molecular weight excluding hydrogens is 308 g/mol. The Morgan fingerprint density at radius 1 is 0.720 bits per heavy atom. The average molecular weight is 330 g/mol. The highest BCUT2D eigenvalue weighted by atomic mass is 16.4. The fraction of sp³-hybridized carbons (Fsp3) is 0.174. The van der Waals surface area contributed by atoms with Gasteiger partial charge >= 0.3 is 5.97 Å². The van der Waals surface area contributed by atoms with Crippen molar-refractivity contribution in [2.24, 2.45) is 0 Å². The quantitative estimate of drug-likeness (QED) is 0.644. The van der Waals surface area contributed by atoms with Crippen LogP contribution in [0.1, 0.15) is 32.6 Å². The summed E-state index contributed by atoms with van der Waals surface area (Å²) >= 11 is 0. The van der Waals surface area contributed by atoms with Gasteiger partial charge in [0.15, 0.2) is 0 Å². The van der Waals surface area contributed by atoms with Crippen LogP contribution in [0, 0.1) is 27.7 Å². The smallest absolute Gasteiger partial charge is 0.336 e. The number of benzene rings is 3. The molecule has 0 aromatic heterocycles. The third-order valence-corrected chi connectivity index (χ3v) is 4.62. The fourth-order valence-corrected chi connectivity index (χ4v) is 3.46. The maximum absolute atomic E-state index is 11.9. The van der Waals surface area contributed by atoms with Crippen LogP contribution in [-0.4, -0.2) is 11.1 Å². The maximum Gasteiger partial charge on any atom is 0.336 e.